The second-order valence-electron chi connectivity index (χ2n) is 11.4. The molecule has 0 radical (unpaired) electrons. The number of carbonyl (C=O) groups excluding carboxylic acids is 1. The molecule has 1 aromatic carbocycles. The number of Topliss-reactive ketones (excluding diaryl/α,β-unsaturated/α-hetero) is 1. The molecule has 0 N–H and O–H groups in total. The summed E-state index contributed by atoms with van der Waals surface area (Å²) in [5, 5.41) is 0. The van der Waals surface area contributed by atoms with Gasteiger partial charge in [0.1, 0.15) is 30.4 Å². The highest BCUT2D eigenvalue weighted by Gasteiger charge is 2.90. The maximum absolute atomic E-state index is 14.6. The van der Waals surface area contributed by atoms with Crippen molar-refractivity contribution >= 4 is 11.5 Å². The highest BCUT2D eigenvalue weighted by molar-refractivity contribution is 5.97. The molecule has 3 heterocycles. The standard InChI is InChI=1S/C27H34O7/c1-24(2,3)21-20(31-15-29-4)22(28)26-12-11-18-27(26,13-17(32-18)16-9-7-6-8-10-16)34-23-25(21,26)14-19(30-5)33-23/h6-10,13,18-21,23H,11-12,14-15H2,1-5H3/t18-,19+,20-,21+,23+,25-,26-,27+/m1/s1. The summed E-state index contributed by atoms with van der Waals surface area (Å²) >= 11 is 0. The van der Waals surface area contributed by atoms with E-state index in [2.05, 4.69) is 26.8 Å². The van der Waals surface area contributed by atoms with Crippen LogP contribution in [0.2, 0.25) is 0 Å². The number of methoxy groups -OCH3 is 2. The van der Waals surface area contributed by atoms with E-state index in [9.17, 15) is 4.79 Å². The third-order valence-corrected chi connectivity index (χ3v) is 9.00. The number of ketones is 1. The molecule has 3 aliphatic heterocycles. The molecule has 3 spiro atoms. The Hall–Kier alpha value is -1.77. The maximum Gasteiger partial charge on any atom is 0.172 e. The Balaban J connectivity index is 1.56. The van der Waals surface area contributed by atoms with Gasteiger partial charge in [-0.3, -0.25) is 4.79 Å². The molecule has 8 atom stereocenters. The van der Waals surface area contributed by atoms with Crippen molar-refractivity contribution in [2.45, 2.75) is 70.4 Å². The Labute approximate surface area is 200 Å². The van der Waals surface area contributed by atoms with Crippen molar-refractivity contribution in [3.05, 3.63) is 42.0 Å². The molecule has 0 amide bonds. The molecule has 0 unspecified atom stereocenters. The molecule has 6 rings (SSSR count). The quantitative estimate of drug-likeness (QED) is 0.604. The lowest BCUT2D eigenvalue weighted by molar-refractivity contribution is -0.234. The van der Waals surface area contributed by atoms with E-state index in [1.807, 2.05) is 30.3 Å². The molecule has 34 heavy (non-hydrogen) atoms. The number of ether oxygens (including phenoxy) is 6. The Morgan fingerprint density at radius 3 is 2.59 bits per heavy atom. The van der Waals surface area contributed by atoms with Crippen LogP contribution < -0.4 is 0 Å². The maximum atomic E-state index is 14.6. The second kappa shape index (κ2) is 7.37. The molecule has 0 bridgehead atoms. The van der Waals surface area contributed by atoms with Crippen molar-refractivity contribution in [2.75, 3.05) is 21.0 Å². The van der Waals surface area contributed by atoms with Crippen molar-refractivity contribution in [1.82, 2.24) is 0 Å². The average molecular weight is 471 g/mol. The summed E-state index contributed by atoms with van der Waals surface area (Å²) in [6.45, 7) is 6.58. The first-order chi connectivity index (χ1) is 16.2. The van der Waals surface area contributed by atoms with Crippen molar-refractivity contribution in [3.63, 3.8) is 0 Å². The lowest BCUT2D eigenvalue weighted by Crippen LogP contribution is -2.54. The fraction of sp³-hybridized carbons (Fsp3) is 0.667. The van der Waals surface area contributed by atoms with Gasteiger partial charge in [0.05, 0.1) is 5.41 Å². The first-order valence-corrected chi connectivity index (χ1v) is 12.2. The van der Waals surface area contributed by atoms with Crippen LogP contribution in [0.3, 0.4) is 0 Å². The predicted molar refractivity (Wildman–Crippen MR) is 122 cm³/mol. The zero-order valence-electron chi connectivity index (χ0n) is 20.5. The Morgan fingerprint density at radius 2 is 1.91 bits per heavy atom. The minimum Gasteiger partial charge on any atom is -0.487 e. The van der Waals surface area contributed by atoms with E-state index in [0.717, 1.165) is 17.7 Å². The summed E-state index contributed by atoms with van der Waals surface area (Å²) in [5.41, 5.74) is -1.58. The fourth-order valence-corrected chi connectivity index (χ4v) is 8.13. The summed E-state index contributed by atoms with van der Waals surface area (Å²) in [6.07, 6.45) is 2.18. The van der Waals surface area contributed by atoms with Gasteiger partial charge in [0.15, 0.2) is 18.4 Å². The van der Waals surface area contributed by atoms with Crippen molar-refractivity contribution in [2.24, 2.45) is 22.2 Å². The summed E-state index contributed by atoms with van der Waals surface area (Å²) in [6, 6.07) is 10.0. The Bertz CT molecular complexity index is 1020. The van der Waals surface area contributed by atoms with Crippen molar-refractivity contribution in [1.29, 1.82) is 0 Å². The van der Waals surface area contributed by atoms with Gasteiger partial charge in [-0.2, -0.15) is 0 Å². The second-order valence-corrected chi connectivity index (χ2v) is 11.4. The molecule has 2 saturated carbocycles. The normalized spacial score (nSPS) is 44.4. The van der Waals surface area contributed by atoms with Crippen LogP contribution in [-0.2, 0) is 33.2 Å². The predicted octanol–water partition coefficient (Wildman–Crippen LogP) is 3.91. The van der Waals surface area contributed by atoms with Crippen LogP contribution in [0.15, 0.2) is 36.4 Å². The lowest BCUT2D eigenvalue weighted by atomic mass is 9.53. The van der Waals surface area contributed by atoms with Gasteiger partial charge in [-0.05, 0) is 24.3 Å². The highest BCUT2D eigenvalue weighted by Crippen LogP contribution is 2.80. The van der Waals surface area contributed by atoms with E-state index < -0.39 is 35.1 Å². The van der Waals surface area contributed by atoms with E-state index in [1.54, 1.807) is 14.2 Å². The molecule has 7 heteroatoms. The molecule has 184 valence electrons. The summed E-state index contributed by atoms with van der Waals surface area (Å²) in [7, 11) is 3.23. The summed E-state index contributed by atoms with van der Waals surface area (Å²) < 4.78 is 36.9. The Kier molecular flexibility index (Phi) is 4.92. The number of benzene rings is 1. The zero-order valence-corrected chi connectivity index (χ0v) is 20.5. The Morgan fingerprint density at radius 1 is 1.15 bits per heavy atom. The largest absolute Gasteiger partial charge is 0.487 e. The first-order valence-electron chi connectivity index (χ1n) is 12.2. The third-order valence-electron chi connectivity index (χ3n) is 9.00. The molecular weight excluding hydrogens is 436 g/mol. The van der Waals surface area contributed by atoms with E-state index in [4.69, 9.17) is 28.4 Å². The van der Waals surface area contributed by atoms with Crippen LogP contribution in [0.25, 0.3) is 5.76 Å². The van der Waals surface area contributed by atoms with Crippen molar-refractivity contribution in [3.8, 4) is 0 Å². The number of rotatable bonds is 5. The average Bonchev–Trinajstić information content (AvgIpc) is 3.52. The smallest absolute Gasteiger partial charge is 0.172 e. The van der Waals surface area contributed by atoms with Crippen LogP contribution in [0.1, 0.15) is 45.6 Å². The minimum absolute atomic E-state index is 0.0628. The molecule has 1 aromatic rings. The van der Waals surface area contributed by atoms with Crippen LogP contribution in [0, 0.1) is 22.2 Å². The number of hydrogen-bond donors (Lipinski definition) is 0. The van der Waals surface area contributed by atoms with Gasteiger partial charge in [-0.15, -0.1) is 0 Å². The van der Waals surface area contributed by atoms with Gasteiger partial charge in [0, 0.05) is 37.5 Å². The zero-order chi connectivity index (χ0) is 23.9. The van der Waals surface area contributed by atoms with Gasteiger partial charge >= 0.3 is 0 Å². The van der Waals surface area contributed by atoms with E-state index in [1.165, 1.54) is 0 Å². The molecule has 2 saturated heterocycles. The monoisotopic (exact) mass is 470 g/mol. The van der Waals surface area contributed by atoms with E-state index in [0.29, 0.717) is 12.8 Å². The molecule has 0 aromatic heterocycles. The molecule has 2 aliphatic carbocycles. The molecule has 4 fully saturated rings. The van der Waals surface area contributed by atoms with Gasteiger partial charge < -0.3 is 28.4 Å². The molecule has 5 aliphatic rings. The molecule has 7 nitrogen and oxygen atoms in total. The van der Waals surface area contributed by atoms with Gasteiger partial charge in [0.25, 0.3) is 0 Å². The molecular formula is C27H34O7. The highest BCUT2D eigenvalue weighted by atomic mass is 16.8. The SMILES string of the molecule is COCO[C@H]1C(=O)[C@@]23CC[C@H]4OC(c5ccccc5)=C[C@]42O[C@@H]2O[C@H](OC)C[C@@]23[C@@H]1C(C)(C)C. The van der Waals surface area contributed by atoms with Crippen LogP contribution in [0.5, 0.6) is 0 Å². The van der Waals surface area contributed by atoms with Crippen LogP contribution in [0.4, 0.5) is 0 Å². The van der Waals surface area contributed by atoms with Gasteiger partial charge in [-0.1, -0.05) is 51.1 Å². The lowest BCUT2D eigenvalue weighted by Gasteiger charge is -2.45. The van der Waals surface area contributed by atoms with Gasteiger partial charge in [0.2, 0.25) is 0 Å². The number of carbonyl (C=O) groups is 1. The van der Waals surface area contributed by atoms with Crippen LogP contribution >= 0.6 is 0 Å². The fourth-order valence-electron chi connectivity index (χ4n) is 8.13. The third kappa shape index (κ3) is 2.52. The summed E-state index contributed by atoms with van der Waals surface area (Å²) in [4.78, 5) is 14.6. The minimum atomic E-state index is -0.896. The van der Waals surface area contributed by atoms with Crippen LogP contribution in [-0.4, -0.2) is 57.2 Å². The van der Waals surface area contributed by atoms with E-state index in [-0.39, 0.29) is 30.0 Å². The van der Waals surface area contributed by atoms with E-state index >= 15 is 0 Å². The summed E-state index contributed by atoms with van der Waals surface area (Å²) in [5.74, 6) is 0.716. The first kappa shape index (κ1) is 22.7. The van der Waals surface area contributed by atoms with Gasteiger partial charge in [-0.25, -0.2) is 0 Å². The number of hydrogen-bond acceptors (Lipinski definition) is 7. The topological polar surface area (TPSA) is 72.5 Å². The van der Waals surface area contributed by atoms with Crippen molar-refractivity contribution < 1.29 is 33.2 Å².